The standard InChI is InChI=1S/C18H24N4O3S/c1-10-3-4-12-13(9-10)26-18-16(12)17(25)21-14(22-18)5-6-15(24)20-8-7-19-11(2)23/h10H,3-9H2,1-2H3,(H,19,23)(H,20,24)(H,21,22,25)/t10-/m1/s1. The third-order valence-corrected chi connectivity index (χ3v) is 5.77. The maximum Gasteiger partial charge on any atom is 0.259 e. The number of carbonyl (C=O) groups excluding carboxylic acids is 2. The van der Waals surface area contributed by atoms with Crippen LogP contribution >= 0.6 is 11.3 Å². The number of rotatable bonds is 6. The van der Waals surface area contributed by atoms with Crippen molar-refractivity contribution in [3.8, 4) is 0 Å². The van der Waals surface area contributed by atoms with Crippen molar-refractivity contribution in [3.05, 3.63) is 26.6 Å². The molecule has 1 atom stereocenters. The van der Waals surface area contributed by atoms with Gasteiger partial charge in [-0.25, -0.2) is 4.98 Å². The van der Waals surface area contributed by atoms with E-state index in [4.69, 9.17) is 0 Å². The van der Waals surface area contributed by atoms with E-state index in [2.05, 4.69) is 27.5 Å². The van der Waals surface area contributed by atoms with E-state index in [1.165, 1.54) is 17.4 Å². The van der Waals surface area contributed by atoms with Crippen LogP contribution < -0.4 is 16.2 Å². The average molecular weight is 376 g/mol. The molecule has 2 aromatic rings. The molecule has 0 saturated heterocycles. The Morgan fingerprint density at radius 1 is 1.31 bits per heavy atom. The summed E-state index contributed by atoms with van der Waals surface area (Å²) in [5.41, 5.74) is 1.07. The summed E-state index contributed by atoms with van der Waals surface area (Å²) in [6, 6.07) is 0. The molecule has 0 radical (unpaired) electrons. The smallest absolute Gasteiger partial charge is 0.259 e. The van der Waals surface area contributed by atoms with Crippen molar-refractivity contribution in [3.63, 3.8) is 0 Å². The summed E-state index contributed by atoms with van der Waals surface area (Å²) in [6.45, 7) is 4.46. The number of aromatic nitrogens is 2. The van der Waals surface area contributed by atoms with Gasteiger partial charge in [-0.15, -0.1) is 11.3 Å². The minimum absolute atomic E-state index is 0.0943. The third kappa shape index (κ3) is 4.30. The van der Waals surface area contributed by atoms with Crippen LogP contribution in [0.1, 0.15) is 43.0 Å². The number of hydrogen-bond donors (Lipinski definition) is 3. The molecule has 2 aromatic heterocycles. The lowest BCUT2D eigenvalue weighted by Gasteiger charge is -2.17. The number of nitrogens with zero attached hydrogens (tertiary/aromatic N) is 1. The summed E-state index contributed by atoms with van der Waals surface area (Å²) in [7, 11) is 0. The molecule has 0 aromatic carbocycles. The van der Waals surface area contributed by atoms with E-state index < -0.39 is 0 Å². The summed E-state index contributed by atoms with van der Waals surface area (Å²) in [5, 5.41) is 6.09. The van der Waals surface area contributed by atoms with Gasteiger partial charge in [-0.05, 0) is 30.7 Å². The molecule has 3 rings (SSSR count). The summed E-state index contributed by atoms with van der Waals surface area (Å²) in [5.74, 6) is 0.946. The molecular weight excluding hydrogens is 352 g/mol. The van der Waals surface area contributed by atoms with Gasteiger partial charge < -0.3 is 15.6 Å². The van der Waals surface area contributed by atoms with E-state index >= 15 is 0 Å². The van der Waals surface area contributed by atoms with Crippen LogP contribution in [0.3, 0.4) is 0 Å². The van der Waals surface area contributed by atoms with Crippen molar-refractivity contribution in [1.29, 1.82) is 0 Å². The largest absolute Gasteiger partial charge is 0.355 e. The molecule has 0 unspecified atom stereocenters. The van der Waals surface area contributed by atoms with Gasteiger partial charge in [0, 0.05) is 37.7 Å². The molecule has 2 heterocycles. The highest BCUT2D eigenvalue weighted by Crippen LogP contribution is 2.35. The normalized spacial score (nSPS) is 16.3. The van der Waals surface area contributed by atoms with Crippen LogP contribution in [0.5, 0.6) is 0 Å². The lowest BCUT2D eigenvalue weighted by atomic mass is 9.89. The first-order valence-electron chi connectivity index (χ1n) is 8.98. The SMILES string of the molecule is CC(=O)NCCNC(=O)CCc1nc2sc3c(c2c(=O)[nH]1)CC[C@@H](C)C3. The summed E-state index contributed by atoms with van der Waals surface area (Å²) in [4.78, 5) is 44.6. The molecule has 0 spiro atoms. The fourth-order valence-electron chi connectivity index (χ4n) is 3.27. The Kier molecular flexibility index (Phi) is 5.70. The summed E-state index contributed by atoms with van der Waals surface area (Å²) < 4.78 is 0. The number of aromatic amines is 1. The van der Waals surface area contributed by atoms with Gasteiger partial charge >= 0.3 is 0 Å². The van der Waals surface area contributed by atoms with Crippen molar-refractivity contribution in [1.82, 2.24) is 20.6 Å². The minimum Gasteiger partial charge on any atom is -0.355 e. The molecule has 0 bridgehead atoms. The van der Waals surface area contributed by atoms with Crippen molar-refractivity contribution in [2.24, 2.45) is 5.92 Å². The number of aryl methyl sites for hydroxylation is 2. The van der Waals surface area contributed by atoms with Crippen molar-refractivity contribution in [2.75, 3.05) is 13.1 Å². The molecule has 2 amide bonds. The van der Waals surface area contributed by atoms with Gasteiger partial charge in [0.1, 0.15) is 10.7 Å². The highest BCUT2D eigenvalue weighted by Gasteiger charge is 2.23. The van der Waals surface area contributed by atoms with Crippen LogP contribution in [-0.2, 0) is 28.9 Å². The number of hydrogen-bond acceptors (Lipinski definition) is 5. The lowest BCUT2D eigenvalue weighted by Crippen LogP contribution is -2.33. The van der Waals surface area contributed by atoms with Crippen LogP contribution in [0.15, 0.2) is 4.79 Å². The number of carbonyl (C=O) groups is 2. The Labute approximate surface area is 155 Å². The monoisotopic (exact) mass is 376 g/mol. The number of fused-ring (bicyclic) bond motifs is 3. The topological polar surface area (TPSA) is 104 Å². The minimum atomic E-state index is -0.127. The Morgan fingerprint density at radius 3 is 2.85 bits per heavy atom. The third-order valence-electron chi connectivity index (χ3n) is 4.62. The second kappa shape index (κ2) is 7.99. The molecule has 0 aliphatic heterocycles. The van der Waals surface area contributed by atoms with Gasteiger partial charge in [0.15, 0.2) is 0 Å². The van der Waals surface area contributed by atoms with Gasteiger partial charge in [-0.2, -0.15) is 0 Å². The first kappa shape index (κ1) is 18.6. The molecular formula is C18H24N4O3S. The molecule has 0 fully saturated rings. The average Bonchev–Trinajstić information content (AvgIpc) is 2.94. The molecule has 1 aliphatic carbocycles. The second-order valence-corrected chi connectivity index (χ2v) is 7.96. The van der Waals surface area contributed by atoms with E-state index in [0.717, 1.165) is 29.5 Å². The van der Waals surface area contributed by atoms with Gasteiger partial charge in [-0.3, -0.25) is 14.4 Å². The number of amides is 2. The van der Waals surface area contributed by atoms with Gasteiger partial charge in [0.05, 0.1) is 5.39 Å². The maximum absolute atomic E-state index is 12.5. The van der Waals surface area contributed by atoms with E-state index in [9.17, 15) is 14.4 Å². The van der Waals surface area contributed by atoms with E-state index in [0.29, 0.717) is 31.3 Å². The van der Waals surface area contributed by atoms with Gasteiger partial charge in [-0.1, -0.05) is 6.92 Å². The Hall–Kier alpha value is -2.22. The highest BCUT2D eigenvalue weighted by molar-refractivity contribution is 7.18. The van der Waals surface area contributed by atoms with Gasteiger partial charge in [0.25, 0.3) is 5.56 Å². The van der Waals surface area contributed by atoms with E-state index in [1.54, 1.807) is 11.3 Å². The quantitative estimate of drug-likeness (QED) is 0.661. The molecule has 7 nitrogen and oxygen atoms in total. The summed E-state index contributed by atoms with van der Waals surface area (Å²) >= 11 is 1.61. The van der Waals surface area contributed by atoms with Crippen LogP contribution in [0, 0.1) is 5.92 Å². The van der Waals surface area contributed by atoms with Crippen molar-refractivity contribution < 1.29 is 9.59 Å². The Bertz CT molecular complexity index is 886. The van der Waals surface area contributed by atoms with Crippen molar-refractivity contribution >= 4 is 33.4 Å². The molecule has 26 heavy (non-hydrogen) atoms. The molecule has 140 valence electrons. The highest BCUT2D eigenvalue weighted by atomic mass is 32.1. The first-order valence-corrected chi connectivity index (χ1v) is 9.80. The van der Waals surface area contributed by atoms with E-state index in [-0.39, 0.29) is 23.8 Å². The first-order chi connectivity index (χ1) is 12.4. The Morgan fingerprint density at radius 2 is 2.08 bits per heavy atom. The molecule has 0 saturated carbocycles. The van der Waals surface area contributed by atoms with E-state index in [1.807, 2.05) is 0 Å². The van der Waals surface area contributed by atoms with Crippen molar-refractivity contribution in [2.45, 2.75) is 46.0 Å². The number of nitrogens with one attached hydrogen (secondary N) is 3. The molecule has 3 N–H and O–H groups in total. The zero-order chi connectivity index (χ0) is 18.7. The predicted molar refractivity (Wildman–Crippen MR) is 101 cm³/mol. The number of thiophene rings is 1. The lowest BCUT2D eigenvalue weighted by molar-refractivity contribution is -0.122. The van der Waals surface area contributed by atoms with Crippen LogP contribution in [0.25, 0.3) is 10.2 Å². The second-order valence-electron chi connectivity index (χ2n) is 6.88. The van der Waals surface area contributed by atoms with Crippen LogP contribution in [0.2, 0.25) is 0 Å². The molecule has 8 heteroatoms. The van der Waals surface area contributed by atoms with Gasteiger partial charge in [0.2, 0.25) is 11.8 Å². The zero-order valence-electron chi connectivity index (χ0n) is 15.1. The zero-order valence-corrected chi connectivity index (χ0v) is 15.9. The molecule has 1 aliphatic rings. The fraction of sp³-hybridized carbons (Fsp3) is 0.556. The predicted octanol–water partition coefficient (Wildman–Crippen LogP) is 1.29. The Balaban J connectivity index is 1.63. The number of H-pyrrole nitrogens is 1. The fourth-order valence-corrected chi connectivity index (χ4v) is 4.67. The maximum atomic E-state index is 12.5. The van der Waals surface area contributed by atoms with Crippen LogP contribution in [-0.4, -0.2) is 34.9 Å². The summed E-state index contributed by atoms with van der Waals surface area (Å²) in [6.07, 6.45) is 3.70. The van der Waals surface area contributed by atoms with Crippen LogP contribution in [0.4, 0.5) is 0 Å².